The molecule has 23 heteroatoms. The topological polar surface area (TPSA) is 221 Å². The van der Waals surface area contributed by atoms with Crippen LogP contribution in [-0.4, -0.2) is 88.4 Å². The second kappa shape index (κ2) is 24.1. The van der Waals surface area contributed by atoms with E-state index in [1.54, 1.807) is 49.1 Å². The lowest BCUT2D eigenvalue weighted by Gasteiger charge is -2.19. The van der Waals surface area contributed by atoms with Gasteiger partial charge in [0.05, 0.1) is 16.7 Å². The number of carbonyl (C=O) groups is 3. The number of aromatic nitrogens is 6. The molecule has 6 heterocycles. The van der Waals surface area contributed by atoms with Gasteiger partial charge in [0.15, 0.2) is 46.6 Å². The average molecular weight is 912 g/mol. The van der Waals surface area contributed by atoms with Crippen LogP contribution in [0.15, 0.2) is 96.2 Å². The highest BCUT2D eigenvalue weighted by Crippen LogP contribution is 2.31. The molecular weight excluding hydrogens is 876 g/mol. The number of carboxylic acid groups (broad SMARTS) is 2. The van der Waals surface area contributed by atoms with Crippen LogP contribution >= 0.6 is 45.9 Å². The van der Waals surface area contributed by atoms with Gasteiger partial charge >= 0.3 is 24.1 Å². The Morgan fingerprint density at radius 1 is 0.667 bits per heavy atom. The van der Waals surface area contributed by atoms with E-state index in [0.29, 0.717) is 33.4 Å². The SMILES string of the molecule is CC(C)(C)OC(=O)COc1cccnc1Nc1nc(-c2ccccn2)cs1.ClCCl.O=C(O)C(F)(F)F.O=C(O)COc1cccnc1Nc1nc(-c2ccccn2)cs1. The summed E-state index contributed by atoms with van der Waals surface area (Å²) in [7, 11) is 0. The maximum atomic E-state index is 11.9. The number of ether oxygens (including phenoxy) is 3. The summed E-state index contributed by atoms with van der Waals surface area (Å²) >= 11 is 12.4. The standard InChI is InChI=1S/C19H20N4O3S.C15H12N4O3S.C2HF3O2.CH2Cl2/c1-19(2,3)26-16(24)11-25-15-8-6-10-21-17(15)23-18-22-14(12-27-18)13-7-4-5-9-20-13;20-13(21)8-22-12-5-3-7-17-14(12)19-15-18-11(9-23-15)10-4-1-2-6-16-10;3-2(4,5)1(6)7;2-1-3/h4-10,12H,11H2,1-3H3,(H,21,22,23);1-7,9H,8H2,(H,20,21)(H,17,18,19);(H,6,7);1H2. The van der Waals surface area contributed by atoms with Gasteiger partial charge in [-0.3, -0.25) is 9.97 Å². The first-order chi connectivity index (χ1) is 28.5. The summed E-state index contributed by atoms with van der Waals surface area (Å²) in [5.74, 6) is -2.57. The zero-order chi connectivity index (χ0) is 44.1. The summed E-state index contributed by atoms with van der Waals surface area (Å²) < 4.78 is 47.8. The highest BCUT2D eigenvalue weighted by molar-refractivity contribution is 7.14. The summed E-state index contributed by atoms with van der Waals surface area (Å²) in [4.78, 5) is 57.3. The van der Waals surface area contributed by atoms with E-state index in [4.69, 9.17) is 52.4 Å². The fourth-order valence-electron chi connectivity index (χ4n) is 3.98. The second-order valence-corrected chi connectivity index (χ2v) is 14.4. The molecule has 0 bridgehead atoms. The van der Waals surface area contributed by atoms with Crippen LogP contribution in [0.5, 0.6) is 11.5 Å². The largest absolute Gasteiger partial charge is 0.490 e. The molecule has 0 unspecified atom stereocenters. The first kappa shape index (κ1) is 48.2. The van der Waals surface area contributed by atoms with Crippen molar-refractivity contribution in [1.29, 1.82) is 0 Å². The molecule has 0 amide bonds. The fourth-order valence-corrected chi connectivity index (χ4v) is 5.38. The van der Waals surface area contributed by atoms with Crippen LogP contribution in [0.2, 0.25) is 0 Å². The van der Waals surface area contributed by atoms with Crippen LogP contribution in [0.25, 0.3) is 22.8 Å². The smallest absolute Gasteiger partial charge is 0.479 e. The summed E-state index contributed by atoms with van der Waals surface area (Å²) in [5.41, 5.74) is 2.54. The minimum Gasteiger partial charge on any atom is -0.479 e. The number of hydrogen-bond donors (Lipinski definition) is 4. The van der Waals surface area contributed by atoms with Gasteiger partial charge < -0.3 is 35.1 Å². The number of anilines is 4. The van der Waals surface area contributed by atoms with Crippen molar-refractivity contribution >= 4 is 85.7 Å². The van der Waals surface area contributed by atoms with Crippen molar-refractivity contribution in [2.45, 2.75) is 32.5 Å². The fraction of sp³-hybridized carbons (Fsp3) is 0.216. The lowest BCUT2D eigenvalue weighted by atomic mass is 10.2. The molecule has 0 aliphatic carbocycles. The molecule has 16 nitrogen and oxygen atoms in total. The predicted octanol–water partition coefficient (Wildman–Crippen LogP) is 8.93. The average Bonchev–Trinajstić information content (AvgIpc) is 3.88. The number of hydrogen-bond acceptors (Lipinski definition) is 16. The van der Waals surface area contributed by atoms with Crippen molar-refractivity contribution in [2.24, 2.45) is 0 Å². The number of pyridine rings is 4. The van der Waals surface area contributed by atoms with Gasteiger partial charge in [-0.1, -0.05) is 12.1 Å². The number of carboxylic acids is 2. The van der Waals surface area contributed by atoms with E-state index in [1.165, 1.54) is 22.7 Å². The number of esters is 1. The van der Waals surface area contributed by atoms with Crippen molar-refractivity contribution in [3.05, 3.63) is 96.2 Å². The monoisotopic (exact) mass is 910 g/mol. The minimum absolute atomic E-state index is 0.194. The minimum atomic E-state index is -5.08. The lowest BCUT2D eigenvalue weighted by molar-refractivity contribution is -0.192. The predicted molar refractivity (Wildman–Crippen MR) is 220 cm³/mol. The van der Waals surface area contributed by atoms with Gasteiger partial charge in [-0.05, 0) is 69.3 Å². The normalized spacial score (nSPS) is 10.5. The first-order valence-corrected chi connectivity index (χ1v) is 19.6. The third kappa shape index (κ3) is 17.8. The van der Waals surface area contributed by atoms with E-state index in [9.17, 15) is 22.8 Å². The molecule has 6 rings (SSSR count). The van der Waals surface area contributed by atoms with Gasteiger partial charge in [0, 0.05) is 35.5 Å². The molecule has 0 aliphatic heterocycles. The maximum absolute atomic E-state index is 11.9. The van der Waals surface area contributed by atoms with Crippen molar-refractivity contribution < 1.29 is 52.0 Å². The molecule has 6 aromatic heterocycles. The molecule has 6 aromatic rings. The zero-order valence-corrected chi connectivity index (χ0v) is 34.7. The molecule has 0 aromatic carbocycles. The maximum Gasteiger partial charge on any atom is 0.490 e. The van der Waals surface area contributed by atoms with Gasteiger partial charge in [-0.25, -0.2) is 34.3 Å². The summed E-state index contributed by atoms with van der Waals surface area (Å²) in [5, 5.41) is 27.2. The summed E-state index contributed by atoms with van der Waals surface area (Å²) in [6, 6.07) is 18.1. The number of aliphatic carboxylic acids is 2. The van der Waals surface area contributed by atoms with Crippen molar-refractivity contribution in [3.63, 3.8) is 0 Å². The molecule has 60 heavy (non-hydrogen) atoms. The molecule has 0 atom stereocenters. The molecule has 0 saturated carbocycles. The number of halogens is 5. The van der Waals surface area contributed by atoms with E-state index in [1.807, 2.05) is 67.9 Å². The van der Waals surface area contributed by atoms with Crippen molar-refractivity contribution in [2.75, 3.05) is 29.2 Å². The van der Waals surface area contributed by atoms with E-state index in [2.05, 4.69) is 40.5 Å². The third-order valence-corrected chi connectivity index (χ3v) is 7.73. The molecule has 318 valence electrons. The lowest BCUT2D eigenvalue weighted by Crippen LogP contribution is -2.27. The number of nitrogens with one attached hydrogen (secondary N) is 2. The van der Waals surface area contributed by atoms with Crippen molar-refractivity contribution in [3.8, 4) is 34.3 Å². The number of nitrogens with zero attached hydrogens (tertiary/aromatic N) is 6. The quantitative estimate of drug-likeness (QED) is 0.0665. The van der Waals surface area contributed by atoms with Gasteiger partial charge in [0.25, 0.3) is 0 Å². The van der Waals surface area contributed by atoms with Crippen LogP contribution in [0.3, 0.4) is 0 Å². The zero-order valence-electron chi connectivity index (χ0n) is 31.6. The molecule has 0 radical (unpaired) electrons. The molecule has 0 saturated heterocycles. The molecule has 4 N–H and O–H groups in total. The van der Waals surface area contributed by atoms with Crippen LogP contribution in [0.1, 0.15) is 20.8 Å². The van der Waals surface area contributed by atoms with Crippen molar-refractivity contribution in [1.82, 2.24) is 29.9 Å². The van der Waals surface area contributed by atoms with E-state index >= 15 is 0 Å². The van der Waals surface area contributed by atoms with Crippen LogP contribution in [-0.2, 0) is 19.1 Å². The van der Waals surface area contributed by atoms with Gasteiger partial charge in [-0.2, -0.15) is 13.2 Å². The Morgan fingerprint density at radius 3 is 1.45 bits per heavy atom. The molecule has 0 fully saturated rings. The Bertz CT molecular complexity index is 2250. The van der Waals surface area contributed by atoms with E-state index < -0.39 is 36.3 Å². The number of carbonyl (C=O) groups excluding carboxylic acids is 1. The van der Waals surface area contributed by atoms with E-state index in [0.717, 1.165) is 22.8 Å². The van der Waals surface area contributed by atoms with Crippen LogP contribution in [0.4, 0.5) is 35.1 Å². The Morgan fingerprint density at radius 2 is 1.08 bits per heavy atom. The highest BCUT2D eigenvalue weighted by atomic mass is 35.5. The first-order valence-electron chi connectivity index (χ1n) is 16.8. The summed E-state index contributed by atoms with van der Waals surface area (Å²) in [6.45, 7) is 4.79. The second-order valence-electron chi connectivity index (χ2n) is 11.9. The molecular formula is C37H35Cl2F3N8O8S2. The van der Waals surface area contributed by atoms with Crippen LogP contribution in [0, 0.1) is 0 Å². The van der Waals surface area contributed by atoms with Gasteiger partial charge in [0.2, 0.25) is 0 Å². The highest BCUT2D eigenvalue weighted by Gasteiger charge is 2.38. The Kier molecular flexibility index (Phi) is 19.3. The summed E-state index contributed by atoms with van der Waals surface area (Å²) in [6.07, 6.45) is 1.57. The third-order valence-electron chi connectivity index (χ3n) is 6.21. The Hall–Kier alpha value is -6.16. The van der Waals surface area contributed by atoms with Crippen LogP contribution < -0.4 is 20.1 Å². The molecule has 0 spiro atoms. The van der Waals surface area contributed by atoms with Gasteiger partial charge in [-0.15, -0.1) is 45.9 Å². The molecule has 0 aliphatic rings. The Balaban J connectivity index is 0.000000264. The number of thiazole rings is 2. The van der Waals surface area contributed by atoms with E-state index in [-0.39, 0.29) is 11.9 Å². The van der Waals surface area contributed by atoms with Gasteiger partial charge in [0.1, 0.15) is 17.0 Å². The Labute approximate surface area is 358 Å². The number of rotatable bonds is 12. The number of alkyl halides is 5.